The van der Waals surface area contributed by atoms with Gasteiger partial charge in [-0.15, -0.1) is 11.3 Å². The van der Waals surface area contributed by atoms with Crippen LogP contribution in [-0.4, -0.2) is 36.0 Å². The van der Waals surface area contributed by atoms with E-state index >= 15 is 0 Å². The smallest absolute Gasteiger partial charge is 0.317 e. The second kappa shape index (κ2) is 5.91. The van der Waals surface area contributed by atoms with Crippen LogP contribution in [0.15, 0.2) is 17.5 Å². The molecule has 1 saturated heterocycles. The average Bonchev–Trinajstić information content (AvgIpc) is 2.81. The van der Waals surface area contributed by atoms with Crippen LogP contribution in [0.4, 0.5) is 4.79 Å². The number of nitrogens with zero attached hydrogens (tertiary/aromatic N) is 1. The molecule has 0 aromatic carbocycles. The zero-order valence-corrected chi connectivity index (χ0v) is 13.9. The van der Waals surface area contributed by atoms with E-state index in [0.717, 1.165) is 19.4 Å². The van der Waals surface area contributed by atoms with E-state index in [1.54, 1.807) is 11.3 Å². The van der Waals surface area contributed by atoms with Gasteiger partial charge in [0.2, 0.25) is 5.91 Å². The molecule has 2 fully saturated rings. The van der Waals surface area contributed by atoms with Crippen LogP contribution in [0.2, 0.25) is 0 Å². The third kappa shape index (κ3) is 3.11. The Kier molecular flexibility index (Phi) is 4.12. The van der Waals surface area contributed by atoms with Crippen LogP contribution < -0.4 is 10.6 Å². The standard InChI is InChI=1S/C16H23N3O2S/c1-11(2)18-15(21)19-6-5-16(10-19)8-13(16)14(20)17-9-12-4-3-7-22-12/h3-4,7,11,13H,5-6,8-10H2,1-2H3,(H,17,20)(H,18,21). The fourth-order valence-electron chi connectivity index (χ4n) is 3.29. The number of thiophene rings is 1. The van der Waals surface area contributed by atoms with Crippen molar-refractivity contribution in [2.75, 3.05) is 13.1 Å². The summed E-state index contributed by atoms with van der Waals surface area (Å²) >= 11 is 1.65. The SMILES string of the molecule is CC(C)NC(=O)N1CCC2(CC2C(=O)NCc2cccs2)C1. The van der Waals surface area contributed by atoms with Crippen molar-refractivity contribution in [3.8, 4) is 0 Å². The highest BCUT2D eigenvalue weighted by molar-refractivity contribution is 7.09. The summed E-state index contributed by atoms with van der Waals surface area (Å²) in [5.74, 6) is 0.212. The van der Waals surface area contributed by atoms with Gasteiger partial charge in [0, 0.05) is 35.3 Å². The minimum Gasteiger partial charge on any atom is -0.351 e. The Hall–Kier alpha value is -1.56. The van der Waals surface area contributed by atoms with Crippen molar-refractivity contribution in [3.05, 3.63) is 22.4 Å². The lowest BCUT2D eigenvalue weighted by Gasteiger charge is -2.19. The maximum atomic E-state index is 12.3. The van der Waals surface area contributed by atoms with Crippen LogP contribution in [0, 0.1) is 11.3 Å². The van der Waals surface area contributed by atoms with Crippen molar-refractivity contribution in [1.29, 1.82) is 0 Å². The Balaban J connectivity index is 1.49. The molecule has 2 N–H and O–H groups in total. The van der Waals surface area contributed by atoms with E-state index in [2.05, 4.69) is 10.6 Å². The first kappa shape index (κ1) is 15.3. The van der Waals surface area contributed by atoms with Gasteiger partial charge in [0.1, 0.15) is 0 Å². The summed E-state index contributed by atoms with van der Waals surface area (Å²) in [6.07, 6.45) is 1.85. The van der Waals surface area contributed by atoms with Gasteiger partial charge < -0.3 is 15.5 Å². The highest BCUT2D eigenvalue weighted by Gasteiger charge is 2.61. The van der Waals surface area contributed by atoms with Gasteiger partial charge in [0.05, 0.1) is 6.54 Å². The van der Waals surface area contributed by atoms with E-state index in [1.807, 2.05) is 36.3 Å². The Morgan fingerprint density at radius 1 is 1.50 bits per heavy atom. The topological polar surface area (TPSA) is 61.4 Å². The van der Waals surface area contributed by atoms with Crippen molar-refractivity contribution in [1.82, 2.24) is 15.5 Å². The van der Waals surface area contributed by atoms with Crippen molar-refractivity contribution in [2.24, 2.45) is 11.3 Å². The third-order valence-electron chi connectivity index (χ3n) is 4.61. The molecular weight excluding hydrogens is 298 g/mol. The Morgan fingerprint density at radius 3 is 3.00 bits per heavy atom. The molecule has 22 heavy (non-hydrogen) atoms. The Labute approximate surface area is 135 Å². The second-order valence-electron chi connectivity index (χ2n) is 6.69. The largest absolute Gasteiger partial charge is 0.351 e. The molecule has 3 rings (SSSR count). The van der Waals surface area contributed by atoms with Gasteiger partial charge in [0.15, 0.2) is 0 Å². The van der Waals surface area contributed by atoms with Gasteiger partial charge in [0.25, 0.3) is 0 Å². The van der Waals surface area contributed by atoms with Crippen molar-refractivity contribution >= 4 is 23.3 Å². The van der Waals surface area contributed by atoms with Gasteiger partial charge in [-0.25, -0.2) is 4.79 Å². The number of carbonyl (C=O) groups is 2. The highest BCUT2D eigenvalue weighted by atomic mass is 32.1. The van der Waals surface area contributed by atoms with Gasteiger partial charge in [-0.05, 0) is 38.1 Å². The summed E-state index contributed by atoms with van der Waals surface area (Å²) in [4.78, 5) is 27.4. The first-order chi connectivity index (χ1) is 10.5. The van der Waals surface area contributed by atoms with Gasteiger partial charge in [-0.1, -0.05) is 6.07 Å². The summed E-state index contributed by atoms with van der Waals surface area (Å²) in [6, 6.07) is 4.17. The first-order valence-corrected chi connectivity index (χ1v) is 8.74. The molecule has 2 heterocycles. The number of urea groups is 1. The normalized spacial score (nSPS) is 26.5. The van der Waals surface area contributed by atoms with Gasteiger partial charge >= 0.3 is 6.03 Å². The van der Waals surface area contributed by atoms with Crippen molar-refractivity contribution in [2.45, 2.75) is 39.3 Å². The molecule has 1 spiro atoms. The molecule has 6 heteroatoms. The predicted octanol–water partition coefficient (Wildman–Crippen LogP) is 2.19. The van der Waals surface area contributed by atoms with Crippen molar-refractivity contribution < 1.29 is 9.59 Å². The first-order valence-electron chi connectivity index (χ1n) is 7.86. The molecule has 0 radical (unpaired) electrons. The number of amides is 3. The monoisotopic (exact) mass is 321 g/mol. The fourth-order valence-corrected chi connectivity index (χ4v) is 3.93. The molecule has 1 aliphatic heterocycles. The lowest BCUT2D eigenvalue weighted by atomic mass is 10.0. The number of hydrogen-bond acceptors (Lipinski definition) is 3. The highest BCUT2D eigenvalue weighted by Crippen LogP contribution is 2.58. The minimum atomic E-state index is -0.00322. The van der Waals surface area contributed by atoms with Crippen LogP contribution in [0.5, 0.6) is 0 Å². The Morgan fingerprint density at radius 2 is 2.32 bits per heavy atom. The quantitative estimate of drug-likeness (QED) is 0.893. The van der Waals surface area contributed by atoms with E-state index in [-0.39, 0.29) is 29.3 Å². The molecule has 1 aromatic rings. The molecule has 2 aliphatic rings. The number of nitrogens with one attached hydrogen (secondary N) is 2. The average molecular weight is 321 g/mol. The molecule has 2 unspecified atom stereocenters. The van der Waals surface area contributed by atoms with E-state index in [4.69, 9.17) is 0 Å². The summed E-state index contributed by atoms with van der Waals surface area (Å²) < 4.78 is 0. The van der Waals surface area contributed by atoms with Crippen LogP contribution in [0.25, 0.3) is 0 Å². The van der Waals surface area contributed by atoms with Crippen LogP contribution in [0.1, 0.15) is 31.6 Å². The molecule has 120 valence electrons. The zero-order valence-electron chi connectivity index (χ0n) is 13.1. The molecule has 3 amide bonds. The maximum Gasteiger partial charge on any atom is 0.317 e. The van der Waals surface area contributed by atoms with Crippen LogP contribution >= 0.6 is 11.3 Å². The summed E-state index contributed by atoms with van der Waals surface area (Å²) in [6.45, 7) is 6.00. The number of likely N-dealkylation sites (tertiary alicyclic amines) is 1. The molecular formula is C16H23N3O2S. The minimum absolute atomic E-state index is 0.00322. The van der Waals surface area contributed by atoms with E-state index < -0.39 is 0 Å². The summed E-state index contributed by atoms with van der Waals surface area (Å²) in [5.41, 5.74) is 0.0356. The van der Waals surface area contributed by atoms with E-state index in [1.165, 1.54) is 4.88 Å². The summed E-state index contributed by atoms with van der Waals surface area (Å²) in [5, 5.41) is 7.97. The zero-order chi connectivity index (χ0) is 15.7. The molecule has 0 bridgehead atoms. The number of carbonyl (C=O) groups excluding carboxylic acids is 2. The maximum absolute atomic E-state index is 12.3. The fraction of sp³-hybridized carbons (Fsp3) is 0.625. The third-order valence-corrected chi connectivity index (χ3v) is 5.48. The number of hydrogen-bond donors (Lipinski definition) is 2. The Bertz CT molecular complexity index is 558. The summed E-state index contributed by atoms with van der Waals surface area (Å²) in [7, 11) is 0. The van der Waals surface area contributed by atoms with Crippen molar-refractivity contribution in [3.63, 3.8) is 0 Å². The van der Waals surface area contributed by atoms with E-state index in [0.29, 0.717) is 13.1 Å². The molecule has 1 saturated carbocycles. The molecule has 5 nitrogen and oxygen atoms in total. The van der Waals surface area contributed by atoms with Crippen LogP contribution in [0.3, 0.4) is 0 Å². The molecule has 1 aromatic heterocycles. The van der Waals surface area contributed by atoms with Crippen LogP contribution in [-0.2, 0) is 11.3 Å². The lowest BCUT2D eigenvalue weighted by molar-refractivity contribution is -0.123. The molecule has 2 atom stereocenters. The second-order valence-corrected chi connectivity index (χ2v) is 7.72. The van der Waals surface area contributed by atoms with Gasteiger partial charge in [-0.2, -0.15) is 0 Å². The number of rotatable bonds is 4. The predicted molar refractivity (Wildman–Crippen MR) is 86.6 cm³/mol. The van der Waals surface area contributed by atoms with Gasteiger partial charge in [-0.3, -0.25) is 4.79 Å². The molecule has 1 aliphatic carbocycles. The van der Waals surface area contributed by atoms with E-state index in [9.17, 15) is 9.59 Å². The lowest BCUT2D eigenvalue weighted by Crippen LogP contribution is -2.42.